The van der Waals surface area contributed by atoms with E-state index in [0.717, 1.165) is 40.4 Å². The molecule has 1 aliphatic heterocycles. The molecule has 0 aliphatic carbocycles. The number of primary amides is 1. The van der Waals surface area contributed by atoms with Gasteiger partial charge in [0.2, 0.25) is 35.4 Å². The number of ketones is 2. The third kappa shape index (κ3) is 27.3. The summed E-state index contributed by atoms with van der Waals surface area (Å²) in [5, 5.41) is 35.4. The lowest BCUT2D eigenvalue weighted by atomic mass is 9.82. The number of unbranched alkanes of at least 4 members (excludes halogenated alkanes) is 3. The number of halogens is 5. The van der Waals surface area contributed by atoms with E-state index in [-0.39, 0.29) is 112 Å². The van der Waals surface area contributed by atoms with Crippen LogP contribution in [-0.4, -0.2) is 162 Å². The zero-order valence-electron chi connectivity index (χ0n) is 51.6. The predicted octanol–water partition coefficient (Wildman–Crippen LogP) is 5.78. The standard InChI is InChI=1S/C60H78F2N8O14S.C2HF3O2/c1-37(30-48(72)38(2)65-51(75)17-10-7-12-27-69-53(77)21-22-54(69)78)58(82)67-45(33-49(63)73)47(71)16-11-13-28-70(55(79)36-85-29-25-50(74)64-26-24-52(76)66-44(59(83)84)20-23-56(80)81)57(60(3,4)5)46-31-40(42-32-41(61)18-19-43(42)62)35-68(46)34-39-14-8-6-9-15-39;3-2(4,5)1(6)7/h6,8-9,14-15,18-19,21-22,31-32,35,37-38,44-45,57H,7,10-13,16-17,20,23-30,33-34,36H2,1-5H3,(H2,63,73)(H,64,74)(H,65,75)(H,66,76)(H,67,82)(H,80,81)(H,83,84);(H,6,7)/t37-,38+,44+,45+,57+;/m1./s1. The molecule has 9 N–H and O–H groups in total. The summed E-state index contributed by atoms with van der Waals surface area (Å²) in [6.07, 6.45) is -1.27. The molecule has 0 fully saturated rings. The number of nitrogens with two attached hydrogens (primary N) is 1. The van der Waals surface area contributed by atoms with Gasteiger partial charge in [-0.15, -0.1) is 0 Å². The van der Waals surface area contributed by atoms with Crippen molar-refractivity contribution >= 4 is 88.5 Å². The molecule has 1 aromatic heterocycles. The molecule has 4 rings (SSSR count). The topological polar surface area (TPSA) is 368 Å². The van der Waals surface area contributed by atoms with Crippen LogP contribution in [0.1, 0.15) is 135 Å². The highest BCUT2D eigenvalue weighted by molar-refractivity contribution is 7.99. The van der Waals surface area contributed by atoms with Gasteiger partial charge in [0.15, 0.2) is 11.6 Å². The Hall–Kier alpha value is -8.83. The Balaban J connectivity index is 0.00000297. The number of nitrogens with zero attached hydrogens (tertiary/aromatic N) is 3. The summed E-state index contributed by atoms with van der Waals surface area (Å²) < 4.78 is 63.8. The summed E-state index contributed by atoms with van der Waals surface area (Å²) in [6.45, 7) is 9.08. The lowest BCUT2D eigenvalue weighted by Crippen LogP contribution is -2.46. The van der Waals surface area contributed by atoms with Crippen molar-refractivity contribution in [1.29, 1.82) is 0 Å². The molecule has 5 atom stereocenters. The molecule has 1 aliphatic rings. The molecule has 0 radical (unpaired) electrons. The van der Waals surface area contributed by atoms with Crippen molar-refractivity contribution in [3.63, 3.8) is 0 Å². The lowest BCUT2D eigenvalue weighted by Gasteiger charge is -2.41. The minimum atomic E-state index is -5.08. The van der Waals surface area contributed by atoms with Crippen LogP contribution in [-0.2, 0) is 68.9 Å². The SMILES string of the molecule is C[C@H](CC(=O)[C@H](C)NC(=O)CCCCCN1C(=O)C=CC1=O)C(=O)N[C@@H](CC(N)=O)C(=O)CCCCN(C(=O)CSCCC(=O)NCCC(=O)N[C@@H](CCC(=O)O)C(=O)O)[C@@H](c1cc(-c2cc(F)ccc2F)cn1Cc1ccccc1)C(C)(C)C.O=C(O)C(F)(F)F. The van der Waals surface area contributed by atoms with Crippen molar-refractivity contribution < 1.29 is 99.6 Å². The average molecular weight is 1320 g/mol. The fourth-order valence-electron chi connectivity index (χ4n) is 9.48. The van der Waals surface area contributed by atoms with E-state index in [9.17, 15) is 80.2 Å². The molecule has 24 nitrogen and oxygen atoms in total. The van der Waals surface area contributed by atoms with E-state index < -0.39 is 125 Å². The van der Waals surface area contributed by atoms with Crippen LogP contribution in [0.5, 0.6) is 0 Å². The maximum atomic E-state index is 15.5. The summed E-state index contributed by atoms with van der Waals surface area (Å²) in [5.41, 5.74) is 6.58. The maximum Gasteiger partial charge on any atom is 0.490 e. The number of hydrogen-bond acceptors (Lipinski definition) is 14. The van der Waals surface area contributed by atoms with E-state index in [2.05, 4.69) is 21.3 Å². The third-order valence-corrected chi connectivity index (χ3v) is 15.1. The van der Waals surface area contributed by atoms with E-state index in [1.165, 1.54) is 26.0 Å². The quantitative estimate of drug-likeness (QED) is 0.0191. The third-order valence-electron chi connectivity index (χ3n) is 14.2. The summed E-state index contributed by atoms with van der Waals surface area (Å²) in [5.74, 6) is -13.0. The predicted molar refractivity (Wildman–Crippen MR) is 324 cm³/mol. The second-order valence-electron chi connectivity index (χ2n) is 22.8. The van der Waals surface area contributed by atoms with Gasteiger partial charge in [0.25, 0.3) is 11.8 Å². The number of Topliss-reactive ketones (excluding diaryl/α,β-unsaturated/α-hetero) is 2. The van der Waals surface area contributed by atoms with Gasteiger partial charge >= 0.3 is 24.1 Å². The lowest BCUT2D eigenvalue weighted by molar-refractivity contribution is -0.192. The number of alkyl halides is 3. The number of benzene rings is 2. The summed E-state index contributed by atoms with van der Waals surface area (Å²) in [4.78, 5) is 163. The Morgan fingerprint density at radius 3 is 1.93 bits per heavy atom. The van der Waals surface area contributed by atoms with Gasteiger partial charge in [0, 0.05) is 112 Å². The van der Waals surface area contributed by atoms with Crippen molar-refractivity contribution in [3.05, 3.63) is 95.8 Å². The van der Waals surface area contributed by atoms with Crippen molar-refractivity contribution in [2.24, 2.45) is 17.1 Å². The van der Waals surface area contributed by atoms with Gasteiger partial charge in [-0.1, -0.05) is 64.4 Å². The van der Waals surface area contributed by atoms with Crippen LogP contribution in [0.25, 0.3) is 11.1 Å². The zero-order valence-corrected chi connectivity index (χ0v) is 52.4. The number of rotatable bonds is 38. The molecule has 504 valence electrons. The zero-order chi connectivity index (χ0) is 69.0. The molecule has 0 spiro atoms. The van der Waals surface area contributed by atoms with Crippen molar-refractivity contribution in [2.75, 3.05) is 31.1 Å². The van der Waals surface area contributed by atoms with Gasteiger partial charge in [0.05, 0.1) is 30.3 Å². The summed E-state index contributed by atoms with van der Waals surface area (Å²) in [6, 6.07) is 9.72. The minimum absolute atomic E-state index is 0.00342. The molecule has 0 saturated carbocycles. The van der Waals surface area contributed by atoms with Gasteiger partial charge in [-0.05, 0) is 74.3 Å². The van der Waals surface area contributed by atoms with Gasteiger partial charge in [-0.25, -0.2) is 18.4 Å². The second kappa shape index (κ2) is 37.5. The molecule has 8 amide bonds. The molecule has 0 saturated heterocycles. The number of amides is 8. The van der Waals surface area contributed by atoms with Gasteiger partial charge in [0.1, 0.15) is 17.7 Å². The number of aromatic nitrogens is 1. The Morgan fingerprint density at radius 1 is 0.707 bits per heavy atom. The number of imide groups is 1. The molecule has 2 heterocycles. The van der Waals surface area contributed by atoms with Crippen LogP contribution in [0.4, 0.5) is 22.0 Å². The maximum absolute atomic E-state index is 15.5. The highest BCUT2D eigenvalue weighted by Gasteiger charge is 2.39. The molecular formula is C62H79F5N8O16S. The molecule has 0 unspecified atom stereocenters. The van der Waals surface area contributed by atoms with Crippen LogP contribution < -0.4 is 27.0 Å². The number of carbonyl (C=O) groups is 13. The first-order valence-corrected chi connectivity index (χ1v) is 30.6. The van der Waals surface area contributed by atoms with Crippen molar-refractivity contribution in [1.82, 2.24) is 35.6 Å². The highest BCUT2D eigenvalue weighted by Crippen LogP contribution is 2.42. The molecular weight excluding hydrogens is 1240 g/mol. The van der Waals surface area contributed by atoms with Crippen molar-refractivity contribution in [2.45, 2.75) is 155 Å². The highest BCUT2D eigenvalue weighted by atomic mass is 32.2. The number of carboxylic acids is 3. The first-order valence-electron chi connectivity index (χ1n) is 29.4. The fraction of sp³-hybridized carbons (Fsp3) is 0.500. The number of carboxylic acid groups (broad SMARTS) is 3. The largest absolute Gasteiger partial charge is 0.490 e. The smallest absolute Gasteiger partial charge is 0.481 e. The minimum Gasteiger partial charge on any atom is -0.481 e. The number of hydrogen-bond donors (Lipinski definition) is 8. The van der Waals surface area contributed by atoms with Crippen LogP contribution in [0.15, 0.2) is 72.9 Å². The van der Waals surface area contributed by atoms with Crippen LogP contribution >= 0.6 is 11.8 Å². The number of aliphatic carboxylic acids is 3. The average Bonchev–Trinajstić information content (AvgIpc) is 1.58. The molecule has 2 aromatic carbocycles. The van der Waals surface area contributed by atoms with E-state index in [1.54, 1.807) is 17.2 Å². The molecule has 92 heavy (non-hydrogen) atoms. The fourth-order valence-corrected chi connectivity index (χ4v) is 10.3. The molecule has 0 bridgehead atoms. The Kier molecular flexibility index (Phi) is 31.5. The monoisotopic (exact) mass is 1320 g/mol. The summed E-state index contributed by atoms with van der Waals surface area (Å²) >= 11 is 1.15. The normalized spacial score (nSPS) is 13.7. The van der Waals surface area contributed by atoms with Crippen molar-refractivity contribution in [3.8, 4) is 11.1 Å². The van der Waals surface area contributed by atoms with Crippen LogP contribution in [0.2, 0.25) is 0 Å². The second-order valence-corrected chi connectivity index (χ2v) is 23.9. The number of nitrogens with one attached hydrogen (secondary N) is 4. The van der Waals surface area contributed by atoms with Gasteiger partial charge in [-0.3, -0.25) is 57.6 Å². The first kappa shape index (κ1) is 77.4. The van der Waals surface area contributed by atoms with Gasteiger partial charge < -0.3 is 51.8 Å². The van der Waals surface area contributed by atoms with E-state index in [0.29, 0.717) is 30.5 Å². The summed E-state index contributed by atoms with van der Waals surface area (Å²) in [7, 11) is 0. The number of thioether (sulfide) groups is 1. The Labute approximate surface area is 532 Å². The van der Waals surface area contributed by atoms with Crippen LogP contribution in [0, 0.1) is 23.0 Å². The first-order chi connectivity index (χ1) is 43.1. The molecule has 30 heteroatoms. The van der Waals surface area contributed by atoms with Crippen LogP contribution in [0.3, 0.4) is 0 Å². The van der Waals surface area contributed by atoms with Gasteiger partial charge in [-0.2, -0.15) is 24.9 Å². The Morgan fingerprint density at radius 2 is 1.34 bits per heavy atom. The molecule has 3 aromatic rings. The van der Waals surface area contributed by atoms with E-state index in [1.807, 2.05) is 55.7 Å². The van der Waals surface area contributed by atoms with E-state index >= 15 is 4.39 Å². The van der Waals surface area contributed by atoms with E-state index in [4.69, 9.17) is 20.7 Å². The number of carbonyl (C=O) groups excluding carboxylic acids is 10. The Bertz CT molecular complexity index is 3140.